The molecule has 2 N–H and O–H groups in total. The zero-order chi connectivity index (χ0) is 13.8. The monoisotopic (exact) mass is 326 g/mol. The van der Waals surface area contributed by atoms with Crippen molar-refractivity contribution in [2.24, 2.45) is 5.73 Å². The summed E-state index contributed by atoms with van der Waals surface area (Å²) in [7, 11) is 0. The lowest BCUT2D eigenvalue weighted by atomic mass is 9.99. The number of ether oxygens (including phenoxy) is 1. The minimum atomic E-state index is 0.0272. The maximum absolute atomic E-state index is 12.1. The summed E-state index contributed by atoms with van der Waals surface area (Å²) in [6, 6.07) is 7.90. The van der Waals surface area contributed by atoms with Crippen LogP contribution in [0.2, 0.25) is 0 Å². The van der Waals surface area contributed by atoms with Crippen LogP contribution in [0, 0.1) is 0 Å². The van der Waals surface area contributed by atoms with Crippen LogP contribution in [-0.4, -0.2) is 36.0 Å². The second kappa shape index (κ2) is 6.39. The number of amides is 1. The molecule has 1 saturated heterocycles. The van der Waals surface area contributed by atoms with Crippen molar-refractivity contribution < 1.29 is 9.53 Å². The summed E-state index contributed by atoms with van der Waals surface area (Å²) < 4.78 is 6.46. The molecule has 1 aliphatic heterocycles. The Balaban J connectivity index is 1.87. The maximum atomic E-state index is 12.1. The van der Waals surface area contributed by atoms with Gasteiger partial charge in [-0.25, -0.2) is 0 Å². The van der Waals surface area contributed by atoms with E-state index in [2.05, 4.69) is 15.9 Å². The molecule has 1 aromatic rings. The van der Waals surface area contributed by atoms with E-state index in [9.17, 15) is 4.79 Å². The number of piperidine rings is 1. The first-order valence-electron chi connectivity index (χ1n) is 6.49. The lowest BCUT2D eigenvalue weighted by Crippen LogP contribution is -2.49. The summed E-state index contributed by atoms with van der Waals surface area (Å²) in [5.41, 5.74) is 5.89. The summed E-state index contributed by atoms with van der Waals surface area (Å²) in [5, 5.41) is 0. The van der Waals surface area contributed by atoms with E-state index >= 15 is 0 Å². The minimum Gasteiger partial charge on any atom is -0.484 e. The normalized spacial score (nSPS) is 23.2. The van der Waals surface area contributed by atoms with Crippen molar-refractivity contribution in [2.75, 3.05) is 13.2 Å². The molecule has 4 nitrogen and oxygen atoms in total. The van der Waals surface area contributed by atoms with Gasteiger partial charge >= 0.3 is 0 Å². The first kappa shape index (κ1) is 14.3. The molecule has 1 amide bonds. The van der Waals surface area contributed by atoms with Gasteiger partial charge in [0, 0.05) is 23.1 Å². The van der Waals surface area contributed by atoms with Gasteiger partial charge in [0.1, 0.15) is 5.75 Å². The van der Waals surface area contributed by atoms with Gasteiger partial charge in [0.25, 0.3) is 5.91 Å². The Hall–Kier alpha value is -1.07. The molecule has 19 heavy (non-hydrogen) atoms. The van der Waals surface area contributed by atoms with Gasteiger partial charge in [-0.1, -0.05) is 22.0 Å². The highest BCUT2D eigenvalue weighted by atomic mass is 79.9. The molecule has 2 rings (SSSR count). The van der Waals surface area contributed by atoms with Crippen LogP contribution in [-0.2, 0) is 4.79 Å². The van der Waals surface area contributed by atoms with E-state index in [1.807, 2.05) is 36.1 Å². The largest absolute Gasteiger partial charge is 0.484 e. The molecule has 1 aromatic carbocycles. The Labute approximate surface area is 122 Å². The number of carbonyl (C=O) groups is 1. The van der Waals surface area contributed by atoms with E-state index in [4.69, 9.17) is 10.5 Å². The third-order valence-electron chi connectivity index (χ3n) is 3.40. The lowest BCUT2D eigenvalue weighted by molar-refractivity contribution is -0.136. The summed E-state index contributed by atoms with van der Waals surface area (Å²) in [6.45, 7) is 2.84. The molecule has 104 valence electrons. The van der Waals surface area contributed by atoms with Crippen LogP contribution in [0.1, 0.15) is 19.8 Å². The molecule has 0 aromatic heterocycles. The van der Waals surface area contributed by atoms with E-state index < -0.39 is 0 Å². The van der Waals surface area contributed by atoms with Crippen LogP contribution in [0.4, 0.5) is 0 Å². The highest BCUT2D eigenvalue weighted by Gasteiger charge is 2.27. The van der Waals surface area contributed by atoms with Gasteiger partial charge in [0.15, 0.2) is 6.61 Å². The molecule has 1 heterocycles. The fourth-order valence-corrected chi connectivity index (χ4v) is 2.74. The second-order valence-electron chi connectivity index (χ2n) is 4.97. The van der Waals surface area contributed by atoms with Crippen molar-refractivity contribution >= 4 is 21.8 Å². The molecule has 1 fully saturated rings. The Morgan fingerprint density at radius 2 is 2.37 bits per heavy atom. The predicted molar refractivity (Wildman–Crippen MR) is 78.0 cm³/mol. The van der Waals surface area contributed by atoms with Crippen LogP contribution in [0.3, 0.4) is 0 Å². The Kier molecular flexibility index (Phi) is 4.82. The number of benzene rings is 1. The summed E-state index contributed by atoms with van der Waals surface area (Å²) in [4.78, 5) is 14.0. The average molecular weight is 327 g/mol. The SMILES string of the molecule is C[C@@H]1C[C@H](N)CCN1C(=O)COc1cccc(Br)c1. The van der Waals surface area contributed by atoms with E-state index in [-0.39, 0.29) is 24.6 Å². The molecule has 2 atom stereocenters. The lowest BCUT2D eigenvalue weighted by Gasteiger charge is -2.36. The van der Waals surface area contributed by atoms with E-state index in [0.717, 1.165) is 23.9 Å². The zero-order valence-electron chi connectivity index (χ0n) is 11.0. The first-order chi connectivity index (χ1) is 9.06. The molecular weight excluding hydrogens is 308 g/mol. The average Bonchev–Trinajstić information content (AvgIpc) is 2.36. The maximum Gasteiger partial charge on any atom is 0.260 e. The van der Waals surface area contributed by atoms with Crippen LogP contribution >= 0.6 is 15.9 Å². The Bertz CT molecular complexity index is 453. The van der Waals surface area contributed by atoms with Gasteiger partial charge in [0.2, 0.25) is 0 Å². The number of nitrogens with zero attached hydrogens (tertiary/aromatic N) is 1. The molecule has 0 bridgehead atoms. The number of hydrogen-bond acceptors (Lipinski definition) is 3. The van der Waals surface area contributed by atoms with E-state index in [0.29, 0.717) is 5.75 Å². The van der Waals surface area contributed by atoms with E-state index in [1.54, 1.807) is 0 Å². The van der Waals surface area contributed by atoms with Crippen LogP contribution in [0.5, 0.6) is 5.75 Å². The zero-order valence-corrected chi connectivity index (χ0v) is 12.6. The van der Waals surface area contributed by atoms with E-state index in [1.165, 1.54) is 0 Å². The number of hydrogen-bond donors (Lipinski definition) is 1. The van der Waals surface area contributed by atoms with Gasteiger partial charge in [-0.2, -0.15) is 0 Å². The molecular formula is C14H19BrN2O2. The molecule has 0 saturated carbocycles. The number of nitrogens with two attached hydrogens (primary N) is 1. The molecule has 0 radical (unpaired) electrons. The van der Waals surface area contributed by atoms with Gasteiger partial charge in [-0.15, -0.1) is 0 Å². The van der Waals surface area contributed by atoms with Crippen molar-refractivity contribution in [2.45, 2.75) is 31.8 Å². The van der Waals surface area contributed by atoms with Gasteiger partial charge in [-0.05, 0) is 38.0 Å². The van der Waals surface area contributed by atoms with Crippen molar-refractivity contribution in [1.82, 2.24) is 4.90 Å². The van der Waals surface area contributed by atoms with Crippen LogP contribution in [0.15, 0.2) is 28.7 Å². The van der Waals surface area contributed by atoms with Gasteiger partial charge in [0.05, 0.1) is 0 Å². The predicted octanol–water partition coefficient (Wildman–Crippen LogP) is 2.17. The smallest absolute Gasteiger partial charge is 0.260 e. The Morgan fingerprint density at radius 1 is 1.58 bits per heavy atom. The van der Waals surface area contributed by atoms with Gasteiger partial charge < -0.3 is 15.4 Å². The quantitative estimate of drug-likeness (QED) is 0.926. The molecule has 5 heteroatoms. The highest BCUT2D eigenvalue weighted by molar-refractivity contribution is 9.10. The number of halogens is 1. The first-order valence-corrected chi connectivity index (χ1v) is 7.29. The molecule has 0 unspecified atom stereocenters. The Morgan fingerprint density at radius 3 is 3.05 bits per heavy atom. The van der Waals surface area contributed by atoms with Crippen molar-refractivity contribution in [3.05, 3.63) is 28.7 Å². The van der Waals surface area contributed by atoms with Crippen molar-refractivity contribution in [1.29, 1.82) is 0 Å². The summed E-state index contributed by atoms with van der Waals surface area (Å²) in [5.74, 6) is 0.725. The van der Waals surface area contributed by atoms with Crippen molar-refractivity contribution in [3.8, 4) is 5.75 Å². The van der Waals surface area contributed by atoms with Gasteiger partial charge in [-0.3, -0.25) is 4.79 Å². The van der Waals surface area contributed by atoms with Crippen LogP contribution in [0.25, 0.3) is 0 Å². The second-order valence-corrected chi connectivity index (χ2v) is 5.88. The highest BCUT2D eigenvalue weighted by Crippen LogP contribution is 2.19. The molecule has 0 aliphatic carbocycles. The fraction of sp³-hybridized carbons (Fsp3) is 0.500. The third kappa shape index (κ3) is 3.94. The number of carbonyl (C=O) groups excluding carboxylic acids is 1. The molecule has 0 spiro atoms. The molecule has 1 aliphatic rings. The van der Waals surface area contributed by atoms with Crippen LogP contribution < -0.4 is 10.5 Å². The third-order valence-corrected chi connectivity index (χ3v) is 3.89. The van der Waals surface area contributed by atoms with Crippen molar-refractivity contribution in [3.63, 3.8) is 0 Å². The fourth-order valence-electron chi connectivity index (χ4n) is 2.36. The number of likely N-dealkylation sites (tertiary alicyclic amines) is 1. The topological polar surface area (TPSA) is 55.6 Å². The summed E-state index contributed by atoms with van der Waals surface area (Å²) >= 11 is 3.37. The standard InChI is InChI=1S/C14H19BrN2O2/c1-10-7-12(16)5-6-17(10)14(18)9-19-13-4-2-3-11(15)8-13/h2-4,8,10,12H,5-7,9,16H2,1H3/t10-,12-/m1/s1. The number of rotatable bonds is 3. The summed E-state index contributed by atoms with van der Waals surface area (Å²) in [6.07, 6.45) is 1.73. The minimum absolute atomic E-state index is 0.0272.